The molecule has 1 aromatic carbocycles. The number of nitro benzene ring substituents is 1. The smallest absolute Gasteiger partial charge is 0.315 e. The van der Waals surface area contributed by atoms with Crippen LogP contribution in [0, 0.1) is 15.9 Å². The average molecular weight is 322 g/mol. The Balaban J connectivity index is 3.39. The summed E-state index contributed by atoms with van der Waals surface area (Å²) in [4.78, 5) is 21.1. The monoisotopic (exact) mass is 321 g/mol. The van der Waals surface area contributed by atoms with Crippen LogP contribution in [0.2, 0.25) is 0 Å². The van der Waals surface area contributed by atoms with Crippen LogP contribution in [0.1, 0.15) is 11.5 Å². The van der Waals surface area contributed by atoms with Gasteiger partial charge >= 0.3 is 11.7 Å². The summed E-state index contributed by atoms with van der Waals surface area (Å²) in [5, 5.41) is 19.7. The number of aliphatic hydroxyl groups is 1. The quantitative estimate of drug-likeness (QED) is 0.518. The number of carbonyl (C=O) groups excluding carboxylic acids is 1. The van der Waals surface area contributed by atoms with Crippen molar-refractivity contribution in [1.29, 1.82) is 0 Å². The minimum atomic E-state index is -1.30. The van der Waals surface area contributed by atoms with Crippen LogP contribution in [0.3, 0.4) is 0 Å². The van der Waals surface area contributed by atoms with Crippen LogP contribution in [0.4, 0.5) is 10.1 Å². The van der Waals surface area contributed by atoms with Gasteiger partial charge in [-0.3, -0.25) is 14.9 Å². The van der Waals surface area contributed by atoms with Crippen molar-refractivity contribution in [3.63, 3.8) is 0 Å². The summed E-state index contributed by atoms with van der Waals surface area (Å²) in [6.45, 7) is -0.711. The van der Waals surface area contributed by atoms with E-state index in [-0.39, 0.29) is 10.0 Å². The molecule has 0 aliphatic rings. The zero-order valence-corrected chi connectivity index (χ0v) is 10.8. The fourth-order valence-electron chi connectivity index (χ4n) is 1.42. The molecule has 98 valence electrons. The average Bonchev–Trinajstić information content (AvgIpc) is 2.33. The molecule has 6 nitrogen and oxygen atoms in total. The molecular weight excluding hydrogens is 313 g/mol. The molecule has 0 fully saturated rings. The number of hydrogen-bond donors (Lipinski definition) is 1. The third kappa shape index (κ3) is 2.82. The Morgan fingerprint density at radius 1 is 1.67 bits per heavy atom. The van der Waals surface area contributed by atoms with Gasteiger partial charge in [0, 0.05) is 16.1 Å². The predicted molar refractivity (Wildman–Crippen MR) is 62.6 cm³/mol. The lowest BCUT2D eigenvalue weighted by atomic mass is 9.99. The van der Waals surface area contributed by atoms with E-state index in [0.717, 1.165) is 13.2 Å². The number of ether oxygens (including phenoxy) is 1. The van der Waals surface area contributed by atoms with E-state index in [0.29, 0.717) is 0 Å². The molecule has 18 heavy (non-hydrogen) atoms. The molecule has 1 aromatic rings. The van der Waals surface area contributed by atoms with E-state index in [4.69, 9.17) is 5.11 Å². The number of methoxy groups -OCH3 is 1. The van der Waals surface area contributed by atoms with Gasteiger partial charge in [0.15, 0.2) is 0 Å². The number of benzene rings is 1. The van der Waals surface area contributed by atoms with Gasteiger partial charge in [-0.1, -0.05) is 15.9 Å². The number of carbonyl (C=O) groups is 1. The highest BCUT2D eigenvalue weighted by Gasteiger charge is 2.29. The number of nitrogens with zero attached hydrogens (tertiary/aromatic N) is 1. The molecule has 0 spiro atoms. The second-order valence-corrected chi connectivity index (χ2v) is 4.26. The minimum Gasteiger partial charge on any atom is -0.468 e. The standard InChI is InChI=1S/C10H9BrFNO5/c1-18-10(15)7(4-14)6-2-5(11)3-8(9(6)12)13(16)17/h2-3,7,14H,4H2,1H3. The van der Waals surface area contributed by atoms with Crippen LogP contribution in [0.25, 0.3) is 0 Å². The number of rotatable bonds is 4. The van der Waals surface area contributed by atoms with Crippen molar-refractivity contribution < 1.29 is 24.0 Å². The van der Waals surface area contributed by atoms with Crippen molar-refractivity contribution in [2.75, 3.05) is 13.7 Å². The van der Waals surface area contributed by atoms with Crippen LogP contribution in [-0.2, 0) is 9.53 Å². The molecule has 0 radical (unpaired) electrons. The van der Waals surface area contributed by atoms with Crippen molar-refractivity contribution in [3.8, 4) is 0 Å². The van der Waals surface area contributed by atoms with E-state index in [1.807, 2.05) is 0 Å². The Labute approximate surface area is 110 Å². The molecule has 0 heterocycles. The second-order valence-electron chi connectivity index (χ2n) is 3.34. The maximum absolute atomic E-state index is 13.9. The van der Waals surface area contributed by atoms with E-state index in [1.54, 1.807) is 0 Å². The third-order valence-electron chi connectivity index (χ3n) is 2.29. The van der Waals surface area contributed by atoms with Crippen molar-refractivity contribution in [1.82, 2.24) is 0 Å². The van der Waals surface area contributed by atoms with Gasteiger partial charge < -0.3 is 9.84 Å². The van der Waals surface area contributed by atoms with Gasteiger partial charge in [-0.2, -0.15) is 4.39 Å². The Kier molecular flexibility index (Phi) is 4.74. The molecule has 1 atom stereocenters. The predicted octanol–water partition coefficient (Wildman–Crippen LogP) is 1.75. The Bertz CT molecular complexity index is 493. The second kappa shape index (κ2) is 5.87. The summed E-state index contributed by atoms with van der Waals surface area (Å²) in [6.07, 6.45) is 0. The first-order chi connectivity index (χ1) is 8.42. The number of hydrogen-bond acceptors (Lipinski definition) is 5. The SMILES string of the molecule is COC(=O)C(CO)c1cc(Br)cc([N+](=O)[O-])c1F. The first-order valence-electron chi connectivity index (χ1n) is 4.74. The first kappa shape index (κ1) is 14.5. The van der Waals surface area contributed by atoms with Gasteiger partial charge in [-0.25, -0.2) is 0 Å². The topological polar surface area (TPSA) is 89.7 Å². The van der Waals surface area contributed by atoms with Crippen LogP contribution in [0.15, 0.2) is 16.6 Å². The first-order valence-corrected chi connectivity index (χ1v) is 5.53. The van der Waals surface area contributed by atoms with Crippen LogP contribution in [0.5, 0.6) is 0 Å². The largest absolute Gasteiger partial charge is 0.468 e. The zero-order valence-electron chi connectivity index (χ0n) is 9.22. The maximum atomic E-state index is 13.9. The van der Waals surface area contributed by atoms with E-state index >= 15 is 0 Å². The highest BCUT2D eigenvalue weighted by atomic mass is 79.9. The summed E-state index contributed by atoms with van der Waals surface area (Å²) in [5.74, 6) is -3.33. The van der Waals surface area contributed by atoms with E-state index < -0.39 is 34.9 Å². The number of esters is 1. The molecular formula is C10H9BrFNO5. The Morgan fingerprint density at radius 2 is 2.28 bits per heavy atom. The van der Waals surface area contributed by atoms with Gasteiger partial charge in [0.1, 0.15) is 5.92 Å². The fraction of sp³-hybridized carbons (Fsp3) is 0.300. The lowest BCUT2D eigenvalue weighted by Crippen LogP contribution is -2.19. The van der Waals surface area contributed by atoms with E-state index in [9.17, 15) is 19.3 Å². The lowest BCUT2D eigenvalue weighted by Gasteiger charge is -2.13. The van der Waals surface area contributed by atoms with Gasteiger partial charge in [0.25, 0.3) is 0 Å². The van der Waals surface area contributed by atoms with Crippen molar-refractivity contribution in [2.24, 2.45) is 0 Å². The molecule has 0 aliphatic heterocycles. The molecule has 0 amide bonds. The van der Waals surface area contributed by atoms with Crippen molar-refractivity contribution in [3.05, 3.63) is 38.1 Å². The highest BCUT2D eigenvalue weighted by Crippen LogP contribution is 2.31. The molecule has 1 unspecified atom stereocenters. The third-order valence-corrected chi connectivity index (χ3v) is 2.74. The molecule has 0 saturated heterocycles. The summed E-state index contributed by atoms with van der Waals surface area (Å²) in [5.41, 5.74) is -1.06. The fourth-order valence-corrected chi connectivity index (χ4v) is 1.89. The number of halogens is 2. The van der Waals surface area contributed by atoms with Gasteiger partial charge in [-0.15, -0.1) is 0 Å². The number of nitro groups is 1. The highest BCUT2D eigenvalue weighted by molar-refractivity contribution is 9.10. The van der Waals surface area contributed by atoms with Crippen LogP contribution < -0.4 is 0 Å². The summed E-state index contributed by atoms with van der Waals surface area (Å²) in [7, 11) is 1.08. The summed E-state index contributed by atoms with van der Waals surface area (Å²) < 4.78 is 18.5. The molecule has 0 saturated carbocycles. The van der Waals surface area contributed by atoms with Gasteiger partial charge in [-0.05, 0) is 6.07 Å². The number of aliphatic hydroxyl groups excluding tert-OH is 1. The Morgan fingerprint density at radius 3 is 2.72 bits per heavy atom. The molecule has 8 heteroatoms. The van der Waals surface area contributed by atoms with Crippen molar-refractivity contribution >= 4 is 27.6 Å². The summed E-state index contributed by atoms with van der Waals surface area (Å²) in [6, 6.07) is 2.17. The molecule has 0 aliphatic carbocycles. The molecule has 0 aromatic heterocycles. The van der Waals surface area contributed by atoms with Gasteiger partial charge in [0.05, 0.1) is 18.6 Å². The molecule has 1 rings (SSSR count). The van der Waals surface area contributed by atoms with Gasteiger partial charge in [0.2, 0.25) is 5.82 Å². The normalized spacial score (nSPS) is 12.0. The van der Waals surface area contributed by atoms with E-state index in [1.165, 1.54) is 6.07 Å². The lowest BCUT2D eigenvalue weighted by molar-refractivity contribution is -0.387. The maximum Gasteiger partial charge on any atom is 0.315 e. The van der Waals surface area contributed by atoms with Crippen LogP contribution >= 0.6 is 15.9 Å². The zero-order chi connectivity index (χ0) is 13.9. The van der Waals surface area contributed by atoms with Crippen molar-refractivity contribution in [2.45, 2.75) is 5.92 Å². The minimum absolute atomic E-state index is 0.230. The molecule has 0 bridgehead atoms. The molecule has 1 N–H and O–H groups in total. The van der Waals surface area contributed by atoms with E-state index in [2.05, 4.69) is 20.7 Å². The van der Waals surface area contributed by atoms with Crippen LogP contribution in [-0.4, -0.2) is 29.7 Å². The summed E-state index contributed by atoms with van der Waals surface area (Å²) >= 11 is 2.98. The Hall–Kier alpha value is -1.54.